The van der Waals surface area contributed by atoms with Crippen molar-refractivity contribution in [2.45, 2.75) is 33.1 Å². The van der Waals surface area contributed by atoms with E-state index in [1.807, 2.05) is 37.3 Å². The molecule has 0 fully saturated rings. The van der Waals surface area contributed by atoms with Gasteiger partial charge in [0.15, 0.2) is 0 Å². The highest BCUT2D eigenvalue weighted by Gasteiger charge is 2.16. The summed E-state index contributed by atoms with van der Waals surface area (Å²) in [6.45, 7) is 6.24. The topological polar surface area (TPSA) is 38.3 Å². The summed E-state index contributed by atoms with van der Waals surface area (Å²) in [6.07, 6.45) is 1.03. The molecule has 0 saturated heterocycles. The Hall–Kier alpha value is -2.29. The summed E-state index contributed by atoms with van der Waals surface area (Å²) >= 11 is 0. The van der Waals surface area contributed by atoms with Crippen molar-refractivity contribution >= 4 is 11.6 Å². The molecule has 1 unspecified atom stereocenters. The molecular weight excluding hydrogens is 274 g/mol. The van der Waals surface area contributed by atoms with Crippen LogP contribution in [0.25, 0.3) is 0 Å². The van der Waals surface area contributed by atoms with Crippen LogP contribution in [0, 0.1) is 6.92 Å². The number of hydrogen-bond acceptors (Lipinski definition) is 2. The molecule has 1 N–H and O–H groups in total. The Morgan fingerprint density at radius 1 is 1.18 bits per heavy atom. The van der Waals surface area contributed by atoms with Gasteiger partial charge in [-0.1, -0.05) is 44.2 Å². The summed E-state index contributed by atoms with van der Waals surface area (Å²) in [7, 11) is 1.59. The Kier molecular flexibility index (Phi) is 5.21. The molecule has 3 heteroatoms. The molecule has 0 heterocycles. The highest BCUT2D eigenvalue weighted by molar-refractivity contribution is 6.06. The van der Waals surface area contributed by atoms with Gasteiger partial charge in [-0.15, -0.1) is 0 Å². The Bertz CT molecular complexity index is 664. The molecule has 0 bridgehead atoms. The maximum absolute atomic E-state index is 12.6. The molecule has 0 radical (unpaired) electrons. The minimum absolute atomic E-state index is 0.142. The molecule has 2 aromatic rings. The van der Waals surface area contributed by atoms with E-state index in [4.69, 9.17) is 4.74 Å². The highest BCUT2D eigenvalue weighted by Crippen LogP contribution is 2.28. The minimum atomic E-state index is -0.142. The van der Waals surface area contributed by atoms with Gasteiger partial charge in [0.25, 0.3) is 5.91 Å². The van der Waals surface area contributed by atoms with Crippen LogP contribution in [-0.2, 0) is 0 Å². The van der Waals surface area contributed by atoms with Crippen molar-refractivity contribution in [1.82, 2.24) is 0 Å². The zero-order valence-electron chi connectivity index (χ0n) is 13.6. The van der Waals surface area contributed by atoms with Crippen molar-refractivity contribution in [2.75, 3.05) is 12.4 Å². The van der Waals surface area contributed by atoms with E-state index >= 15 is 0 Å². The van der Waals surface area contributed by atoms with Gasteiger partial charge in [-0.3, -0.25) is 4.79 Å². The molecule has 0 aromatic heterocycles. The van der Waals surface area contributed by atoms with Gasteiger partial charge in [0.2, 0.25) is 0 Å². The van der Waals surface area contributed by atoms with E-state index in [2.05, 4.69) is 25.2 Å². The highest BCUT2D eigenvalue weighted by atomic mass is 16.5. The first-order chi connectivity index (χ1) is 10.6. The number of aryl methyl sites for hydroxylation is 1. The van der Waals surface area contributed by atoms with Crippen molar-refractivity contribution in [1.29, 1.82) is 0 Å². The van der Waals surface area contributed by atoms with E-state index in [9.17, 15) is 4.79 Å². The number of carbonyl (C=O) groups is 1. The molecule has 1 amide bonds. The SMILES string of the molecule is CCC(C)c1ccccc1NC(=O)c1cccc(C)c1OC. The monoisotopic (exact) mass is 297 g/mol. The number of rotatable bonds is 5. The number of methoxy groups -OCH3 is 1. The normalized spacial score (nSPS) is 11.8. The summed E-state index contributed by atoms with van der Waals surface area (Å²) in [5.41, 5.74) is 3.53. The van der Waals surface area contributed by atoms with Crippen LogP contribution in [0.5, 0.6) is 5.75 Å². The van der Waals surface area contributed by atoms with Crippen molar-refractivity contribution in [3.05, 3.63) is 59.2 Å². The number of ether oxygens (including phenoxy) is 1. The third kappa shape index (κ3) is 3.30. The maximum Gasteiger partial charge on any atom is 0.259 e. The predicted molar refractivity (Wildman–Crippen MR) is 90.8 cm³/mol. The fourth-order valence-corrected chi connectivity index (χ4v) is 2.55. The number of para-hydroxylation sites is 2. The zero-order valence-corrected chi connectivity index (χ0v) is 13.6. The summed E-state index contributed by atoms with van der Waals surface area (Å²) in [5.74, 6) is 0.883. The van der Waals surface area contributed by atoms with Gasteiger partial charge in [0, 0.05) is 5.69 Å². The van der Waals surface area contributed by atoms with E-state index in [0.717, 1.165) is 23.2 Å². The number of nitrogens with one attached hydrogen (secondary N) is 1. The lowest BCUT2D eigenvalue weighted by Gasteiger charge is -2.17. The van der Waals surface area contributed by atoms with E-state index in [0.29, 0.717) is 17.2 Å². The molecule has 0 spiro atoms. The standard InChI is InChI=1S/C19H23NO2/c1-5-13(2)15-10-6-7-12-17(15)20-19(21)16-11-8-9-14(3)18(16)22-4/h6-13H,5H2,1-4H3,(H,20,21). The molecule has 116 valence electrons. The second kappa shape index (κ2) is 7.12. The second-order valence-corrected chi connectivity index (χ2v) is 5.51. The molecular formula is C19H23NO2. The van der Waals surface area contributed by atoms with Crippen LogP contribution in [0.2, 0.25) is 0 Å². The first-order valence-corrected chi connectivity index (χ1v) is 7.62. The summed E-state index contributed by atoms with van der Waals surface area (Å²) in [6, 6.07) is 13.5. The lowest BCUT2D eigenvalue weighted by molar-refractivity contribution is 0.102. The van der Waals surface area contributed by atoms with Gasteiger partial charge in [0.1, 0.15) is 5.75 Å². The zero-order chi connectivity index (χ0) is 16.1. The van der Waals surface area contributed by atoms with Crippen molar-refractivity contribution in [3.63, 3.8) is 0 Å². The molecule has 2 aromatic carbocycles. The van der Waals surface area contributed by atoms with Crippen molar-refractivity contribution in [2.24, 2.45) is 0 Å². The van der Waals surface area contributed by atoms with Gasteiger partial charge in [0.05, 0.1) is 12.7 Å². The van der Waals surface area contributed by atoms with Crippen LogP contribution in [0.4, 0.5) is 5.69 Å². The average molecular weight is 297 g/mol. The molecule has 0 aliphatic carbocycles. The molecule has 3 nitrogen and oxygen atoms in total. The largest absolute Gasteiger partial charge is 0.496 e. The number of anilines is 1. The molecule has 0 saturated carbocycles. The Labute approximate surface area is 132 Å². The molecule has 0 aliphatic rings. The average Bonchev–Trinajstić information content (AvgIpc) is 2.54. The fraction of sp³-hybridized carbons (Fsp3) is 0.316. The quantitative estimate of drug-likeness (QED) is 0.863. The van der Waals surface area contributed by atoms with Crippen LogP contribution < -0.4 is 10.1 Å². The van der Waals surface area contributed by atoms with Crippen LogP contribution in [0.15, 0.2) is 42.5 Å². The first kappa shape index (κ1) is 16.1. The minimum Gasteiger partial charge on any atom is -0.496 e. The number of amides is 1. The lowest BCUT2D eigenvalue weighted by atomic mass is 9.96. The van der Waals surface area contributed by atoms with Crippen LogP contribution in [0.3, 0.4) is 0 Å². The molecule has 0 aliphatic heterocycles. The second-order valence-electron chi connectivity index (χ2n) is 5.51. The van der Waals surface area contributed by atoms with E-state index in [1.165, 1.54) is 0 Å². The molecule has 1 atom stereocenters. The predicted octanol–water partition coefficient (Wildman–Crippen LogP) is 4.77. The van der Waals surface area contributed by atoms with Crippen molar-refractivity contribution < 1.29 is 9.53 Å². The van der Waals surface area contributed by atoms with Gasteiger partial charge in [-0.2, -0.15) is 0 Å². The van der Waals surface area contributed by atoms with Crippen LogP contribution >= 0.6 is 0 Å². The lowest BCUT2D eigenvalue weighted by Crippen LogP contribution is -2.15. The first-order valence-electron chi connectivity index (χ1n) is 7.62. The van der Waals surface area contributed by atoms with E-state index in [-0.39, 0.29) is 5.91 Å². The Balaban J connectivity index is 2.33. The van der Waals surface area contributed by atoms with Gasteiger partial charge in [-0.25, -0.2) is 0 Å². The molecule has 22 heavy (non-hydrogen) atoms. The third-order valence-corrected chi connectivity index (χ3v) is 4.01. The van der Waals surface area contributed by atoms with Crippen LogP contribution in [0.1, 0.15) is 47.7 Å². The maximum atomic E-state index is 12.6. The van der Waals surface area contributed by atoms with Gasteiger partial charge < -0.3 is 10.1 Å². The van der Waals surface area contributed by atoms with Crippen molar-refractivity contribution in [3.8, 4) is 5.75 Å². The smallest absolute Gasteiger partial charge is 0.259 e. The number of hydrogen-bond donors (Lipinski definition) is 1. The Morgan fingerprint density at radius 3 is 2.59 bits per heavy atom. The summed E-state index contributed by atoms with van der Waals surface area (Å²) < 4.78 is 5.37. The Morgan fingerprint density at radius 2 is 1.91 bits per heavy atom. The summed E-state index contributed by atoms with van der Waals surface area (Å²) in [4.78, 5) is 12.6. The fourth-order valence-electron chi connectivity index (χ4n) is 2.55. The number of carbonyl (C=O) groups excluding carboxylic acids is 1. The van der Waals surface area contributed by atoms with E-state index in [1.54, 1.807) is 13.2 Å². The summed E-state index contributed by atoms with van der Waals surface area (Å²) in [5, 5.41) is 3.03. The van der Waals surface area contributed by atoms with Gasteiger partial charge in [-0.05, 0) is 42.5 Å². The van der Waals surface area contributed by atoms with Crippen LogP contribution in [-0.4, -0.2) is 13.0 Å². The van der Waals surface area contributed by atoms with Gasteiger partial charge >= 0.3 is 0 Å². The third-order valence-electron chi connectivity index (χ3n) is 4.01. The molecule has 2 rings (SSSR count). The van der Waals surface area contributed by atoms with E-state index < -0.39 is 0 Å². The number of benzene rings is 2.